The molecule has 1 saturated heterocycles. The van der Waals surface area contributed by atoms with Crippen molar-refractivity contribution in [2.45, 2.75) is 23.8 Å². The molecule has 2 aromatic rings. The minimum atomic E-state index is -3.74. The van der Waals surface area contributed by atoms with Crippen LogP contribution in [0.15, 0.2) is 59.5 Å². The van der Waals surface area contributed by atoms with Crippen LogP contribution in [0.2, 0.25) is 0 Å². The van der Waals surface area contributed by atoms with Crippen molar-refractivity contribution in [1.82, 2.24) is 9.80 Å². The van der Waals surface area contributed by atoms with Crippen molar-refractivity contribution in [3.8, 4) is 0 Å². The lowest BCUT2D eigenvalue weighted by atomic mass is 10.0. The fourth-order valence-electron chi connectivity index (χ4n) is 3.49. The third-order valence-corrected chi connectivity index (χ3v) is 7.12. The average Bonchev–Trinajstić information content (AvgIpc) is 2.73. The molecule has 1 fully saturated rings. The number of hydrogen-bond donors (Lipinski definition) is 0. The van der Waals surface area contributed by atoms with Gasteiger partial charge in [-0.3, -0.25) is 9.10 Å². The Morgan fingerprint density at radius 1 is 0.964 bits per heavy atom. The summed E-state index contributed by atoms with van der Waals surface area (Å²) < 4.78 is 27.2. The summed E-state index contributed by atoms with van der Waals surface area (Å²) in [6.45, 7) is 1.37. The predicted octanol–water partition coefficient (Wildman–Crippen LogP) is 2.68. The Kier molecular flexibility index (Phi) is 6.05. The maximum atomic E-state index is 13.0. The van der Waals surface area contributed by atoms with Crippen LogP contribution < -0.4 is 4.31 Å². The minimum Gasteiger partial charge on any atom is -0.339 e. The van der Waals surface area contributed by atoms with Crippen LogP contribution in [0.25, 0.3) is 0 Å². The van der Waals surface area contributed by atoms with E-state index in [2.05, 4.69) is 19.0 Å². The standard InChI is InChI=1S/C21H27N3O3S/c1-22(2)18-12-14-24(15-13-18)21(25)17-8-7-11-20(16-17)28(26,27)23(3)19-9-5-4-6-10-19/h4-11,16,18H,12-15H2,1-3H3. The van der Waals surface area contributed by atoms with Crippen LogP contribution in [0, 0.1) is 0 Å². The van der Waals surface area contributed by atoms with E-state index in [1.807, 2.05) is 11.0 Å². The van der Waals surface area contributed by atoms with Crippen LogP contribution in [-0.2, 0) is 10.0 Å². The Hall–Kier alpha value is -2.38. The van der Waals surface area contributed by atoms with Crippen LogP contribution in [-0.4, -0.2) is 64.4 Å². The van der Waals surface area contributed by atoms with Crippen LogP contribution in [0.5, 0.6) is 0 Å². The predicted molar refractivity (Wildman–Crippen MR) is 111 cm³/mol. The van der Waals surface area contributed by atoms with E-state index in [1.165, 1.54) is 23.5 Å². The first-order valence-corrected chi connectivity index (χ1v) is 10.8. The van der Waals surface area contributed by atoms with Gasteiger partial charge in [-0.05, 0) is 57.3 Å². The molecule has 7 heteroatoms. The second-order valence-electron chi connectivity index (χ2n) is 7.32. The molecule has 6 nitrogen and oxygen atoms in total. The SMILES string of the molecule is CN(C)C1CCN(C(=O)c2cccc(S(=O)(=O)N(C)c3ccccc3)c2)CC1. The summed E-state index contributed by atoms with van der Waals surface area (Å²) in [5, 5.41) is 0. The third kappa shape index (κ3) is 4.20. The van der Waals surface area contributed by atoms with Gasteiger partial charge in [0.15, 0.2) is 0 Å². The fourth-order valence-corrected chi connectivity index (χ4v) is 4.73. The van der Waals surface area contributed by atoms with E-state index in [9.17, 15) is 13.2 Å². The highest BCUT2D eigenvalue weighted by molar-refractivity contribution is 7.92. The van der Waals surface area contributed by atoms with Crippen molar-refractivity contribution in [2.24, 2.45) is 0 Å². The maximum absolute atomic E-state index is 13.0. The molecule has 0 radical (unpaired) electrons. The number of hydrogen-bond acceptors (Lipinski definition) is 4. The normalized spacial score (nSPS) is 15.6. The fraction of sp³-hybridized carbons (Fsp3) is 0.381. The highest BCUT2D eigenvalue weighted by Gasteiger charge is 2.26. The summed E-state index contributed by atoms with van der Waals surface area (Å²) in [5.74, 6) is -0.114. The smallest absolute Gasteiger partial charge is 0.264 e. The first kappa shape index (κ1) is 20.4. The van der Waals surface area contributed by atoms with Gasteiger partial charge in [-0.15, -0.1) is 0 Å². The van der Waals surface area contributed by atoms with Gasteiger partial charge in [-0.25, -0.2) is 8.42 Å². The first-order valence-electron chi connectivity index (χ1n) is 9.40. The molecule has 0 unspecified atom stereocenters. The first-order chi connectivity index (χ1) is 13.3. The van der Waals surface area contributed by atoms with Gasteiger partial charge in [0, 0.05) is 31.7 Å². The van der Waals surface area contributed by atoms with E-state index in [1.54, 1.807) is 36.4 Å². The number of carbonyl (C=O) groups excluding carboxylic acids is 1. The van der Waals surface area contributed by atoms with Crippen molar-refractivity contribution < 1.29 is 13.2 Å². The lowest BCUT2D eigenvalue weighted by Crippen LogP contribution is -2.44. The van der Waals surface area contributed by atoms with Gasteiger partial charge in [0.25, 0.3) is 15.9 Å². The Morgan fingerprint density at radius 3 is 2.21 bits per heavy atom. The molecule has 1 aliphatic heterocycles. The molecule has 28 heavy (non-hydrogen) atoms. The molecule has 2 aromatic carbocycles. The largest absolute Gasteiger partial charge is 0.339 e. The van der Waals surface area contributed by atoms with Gasteiger partial charge in [0.1, 0.15) is 0 Å². The average molecular weight is 402 g/mol. The van der Waals surface area contributed by atoms with Gasteiger partial charge in [0.2, 0.25) is 0 Å². The van der Waals surface area contributed by atoms with Crippen molar-refractivity contribution in [1.29, 1.82) is 0 Å². The molecule has 0 spiro atoms. The van der Waals surface area contributed by atoms with E-state index < -0.39 is 10.0 Å². The van der Waals surface area contributed by atoms with E-state index >= 15 is 0 Å². The number of amides is 1. The van der Waals surface area contributed by atoms with Gasteiger partial charge >= 0.3 is 0 Å². The van der Waals surface area contributed by atoms with Gasteiger partial charge in [-0.2, -0.15) is 0 Å². The van der Waals surface area contributed by atoms with Crippen molar-refractivity contribution in [3.63, 3.8) is 0 Å². The Morgan fingerprint density at radius 2 is 1.61 bits per heavy atom. The lowest BCUT2D eigenvalue weighted by Gasteiger charge is -2.35. The van der Waals surface area contributed by atoms with E-state index in [-0.39, 0.29) is 10.8 Å². The van der Waals surface area contributed by atoms with Gasteiger partial charge in [-0.1, -0.05) is 24.3 Å². The van der Waals surface area contributed by atoms with Crippen molar-refractivity contribution >= 4 is 21.6 Å². The topological polar surface area (TPSA) is 60.9 Å². The molecule has 150 valence electrons. The summed E-state index contributed by atoms with van der Waals surface area (Å²) >= 11 is 0. The number of rotatable bonds is 5. The minimum absolute atomic E-state index is 0.114. The zero-order valence-corrected chi connectivity index (χ0v) is 17.4. The molecule has 0 saturated carbocycles. The summed E-state index contributed by atoms with van der Waals surface area (Å²) in [7, 11) is 1.89. The Labute approximate surface area is 167 Å². The molecular weight excluding hydrogens is 374 g/mol. The van der Waals surface area contributed by atoms with Crippen molar-refractivity contribution in [3.05, 3.63) is 60.2 Å². The quantitative estimate of drug-likeness (QED) is 0.773. The van der Waals surface area contributed by atoms with E-state index in [4.69, 9.17) is 0 Å². The number of likely N-dealkylation sites (tertiary alicyclic amines) is 1. The van der Waals surface area contributed by atoms with Crippen molar-refractivity contribution in [2.75, 3.05) is 38.5 Å². The maximum Gasteiger partial charge on any atom is 0.264 e. The van der Waals surface area contributed by atoms with Crippen LogP contribution in [0.4, 0.5) is 5.69 Å². The Balaban J connectivity index is 1.79. The summed E-state index contributed by atoms with van der Waals surface area (Å²) in [6.07, 6.45) is 1.85. The molecule has 0 atom stereocenters. The molecule has 1 aliphatic rings. The molecule has 3 rings (SSSR count). The van der Waals surface area contributed by atoms with Crippen LogP contribution in [0.1, 0.15) is 23.2 Å². The molecule has 0 aliphatic carbocycles. The lowest BCUT2D eigenvalue weighted by molar-refractivity contribution is 0.0663. The molecule has 0 bridgehead atoms. The number of sulfonamides is 1. The number of benzene rings is 2. The van der Waals surface area contributed by atoms with Crippen LogP contribution >= 0.6 is 0 Å². The Bertz CT molecular complexity index is 921. The highest BCUT2D eigenvalue weighted by Crippen LogP contribution is 2.23. The number of piperidine rings is 1. The second-order valence-corrected chi connectivity index (χ2v) is 9.29. The number of nitrogens with zero attached hydrogens (tertiary/aromatic N) is 3. The summed E-state index contributed by atoms with van der Waals surface area (Å²) in [6, 6.07) is 15.7. The molecule has 0 aromatic heterocycles. The third-order valence-electron chi connectivity index (χ3n) is 5.34. The highest BCUT2D eigenvalue weighted by atomic mass is 32.2. The van der Waals surface area contributed by atoms with Gasteiger partial charge < -0.3 is 9.80 Å². The zero-order chi connectivity index (χ0) is 20.3. The zero-order valence-electron chi connectivity index (χ0n) is 16.6. The van der Waals surface area contributed by atoms with E-state index in [0.717, 1.165) is 12.8 Å². The molecule has 0 N–H and O–H groups in total. The number of para-hydroxylation sites is 1. The van der Waals surface area contributed by atoms with E-state index in [0.29, 0.717) is 30.4 Å². The second kappa shape index (κ2) is 8.32. The summed E-state index contributed by atoms with van der Waals surface area (Å²) in [4.78, 5) is 17.0. The number of carbonyl (C=O) groups is 1. The summed E-state index contributed by atoms with van der Waals surface area (Å²) in [5.41, 5.74) is 0.982. The van der Waals surface area contributed by atoms with Crippen LogP contribution in [0.3, 0.4) is 0 Å². The molecule has 1 amide bonds. The molecular formula is C21H27N3O3S. The monoisotopic (exact) mass is 401 g/mol. The number of anilines is 1. The molecule has 1 heterocycles. The van der Waals surface area contributed by atoms with Gasteiger partial charge in [0.05, 0.1) is 10.6 Å².